The molecule has 0 aliphatic heterocycles. The molecular weight excluding hydrogens is 292 g/mol. The van der Waals surface area contributed by atoms with Crippen LogP contribution < -0.4 is 15.2 Å². The van der Waals surface area contributed by atoms with Crippen molar-refractivity contribution in [2.45, 2.75) is 37.5 Å². The number of primary sulfonamides is 1. The van der Waals surface area contributed by atoms with Crippen LogP contribution in [-0.2, 0) is 14.8 Å². The highest BCUT2D eigenvalue weighted by molar-refractivity contribution is 7.89. The third-order valence-corrected chi connectivity index (χ3v) is 4.92. The van der Waals surface area contributed by atoms with E-state index in [4.69, 9.17) is 9.88 Å². The monoisotopic (exact) mass is 312 g/mol. The van der Waals surface area contributed by atoms with Gasteiger partial charge < -0.3 is 10.1 Å². The number of nitrogens with one attached hydrogen (secondary N) is 1. The quantitative estimate of drug-likeness (QED) is 0.886. The molecule has 1 aromatic carbocycles. The average Bonchev–Trinajstić information content (AvgIpc) is 2.86. The van der Waals surface area contributed by atoms with E-state index in [2.05, 4.69) is 5.32 Å². The number of hydrogen-bond acceptors (Lipinski definition) is 4. The largest absolute Gasteiger partial charge is 0.495 e. The molecule has 1 aromatic rings. The van der Waals surface area contributed by atoms with E-state index in [1.54, 1.807) is 6.07 Å². The summed E-state index contributed by atoms with van der Waals surface area (Å²) in [5.74, 6) is 0.0631. The molecule has 116 valence electrons. The summed E-state index contributed by atoms with van der Waals surface area (Å²) in [6.45, 7) is 1.93. The van der Waals surface area contributed by atoms with Gasteiger partial charge in [0, 0.05) is 11.1 Å². The molecule has 0 saturated heterocycles. The Labute approximate surface area is 124 Å². The van der Waals surface area contributed by atoms with Gasteiger partial charge in [-0.05, 0) is 31.0 Å². The number of sulfonamides is 1. The van der Waals surface area contributed by atoms with Gasteiger partial charge >= 0.3 is 0 Å². The predicted molar refractivity (Wildman–Crippen MR) is 79.6 cm³/mol. The van der Waals surface area contributed by atoms with Crippen molar-refractivity contribution >= 4 is 21.6 Å². The van der Waals surface area contributed by atoms with Crippen molar-refractivity contribution in [3.8, 4) is 5.75 Å². The standard InChI is InChI=1S/C14H20N2O4S/c1-14(7-3-4-8-14)13(17)16-10-5-6-11(20-2)12(9-10)21(15,18)19/h5-6,9H,3-4,7-8H2,1-2H3,(H,16,17)(H2,15,18,19). The van der Waals surface area contributed by atoms with Crippen LogP contribution in [0.5, 0.6) is 5.75 Å². The van der Waals surface area contributed by atoms with Crippen LogP contribution in [0.3, 0.4) is 0 Å². The van der Waals surface area contributed by atoms with Gasteiger partial charge in [-0.15, -0.1) is 0 Å². The van der Waals surface area contributed by atoms with Crippen molar-refractivity contribution < 1.29 is 17.9 Å². The third kappa shape index (κ3) is 3.36. The van der Waals surface area contributed by atoms with Crippen LogP contribution in [0.1, 0.15) is 32.6 Å². The minimum Gasteiger partial charge on any atom is -0.495 e. The second-order valence-electron chi connectivity index (χ2n) is 5.63. The molecule has 6 nitrogen and oxygen atoms in total. The topological polar surface area (TPSA) is 98.5 Å². The lowest BCUT2D eigenvalue weighted by atomic mass is 9.88. The number of methoxy groups -OCH3 is 1. The molecule has 0 radical (unpaired) electrons. The van der Waals surface area contributed by atoms with Crippen molar-refractivity contribution in [3.05, 3.63) is 18.2 Å². The summed E-state index contributed by atoms with van der Waals surface area (Å²) in [4.78, 5) is 12.2. The molecule has 0 unspecified atom stereocenters. The van der Waals surface area contributed by atoms with Gasteiger partial charge in [-0.1, -0.05) is 19.8 Å². The van der Waals surface area contributed by atoms with Crippen LogP contribution in [0.2, 0.25) is 0 Å². The number of carbonyl (C=O) groups excluding carboxylic acids is 1. The molecule has 1 aliphatic carbocycles. The molecule has 1 fully saturated rings. The van der Waals surface area contributed by atoms with E-state index >= 15 is 0 Å². The molecule has 21 heavy (non-hydrogen) atoms. The van der Waals surface area contributed by atoms with Crippen molar-refractivity contribution in [1.82, 2.24) is 0 Å². The maximum Gasteiger partial charge on any atom is 0.241 e. The number of anilines is 1. The fourth-order valence-electron chi connectivity index (χ4n) is 2.64. The highest BCUT2D eigenvalue weighted by atomic mass is 32.2. The van der Waals surface area contributed by atoms with Crippen molar-refractivity contribution in [3.63, 3.8) is 0 Å². The molecule has 1 aliphatic rings. The first kappa shape index (κ1) is 15.8. The zero-order valence-electron chi connectivity index (χ0n) is 12.2. The van der Waals surface area contributed by atoms with Gasteiger partial charge in [0.2, 0.25) is 15.9 Å². The molecule has 0 atom stereocenters. The number of nitrogens with two attached hydrogens (primary N) is 1. The fourth-order valence-corrected chi connectivity index (χ4v) is 3.36. The number of benzene rings is 1. The van der Waals surface area contributed by atoms with Gasteiger partial charge in [-0.25, -0.2) is 13.6 Å². The molecule has 2 rings (SSSR count). The van der Waals surface area contributed by atoms with Crippen LogP contribution in [0.4, 0.5) is 5.69 Å². The molecule has 0 aromatic heterocycles. The fraction of sp³-hybridized carbons (Fsp3) is 0.500. The summed E-state index contributed by atoms with van der Waals surface area (Å²) in [6, 6.07) is 4.40. The predicted octanol–water partition coefficient (Wildman–Crippen LogP) is 1.86. The summed E-state index contributed by atoms with van der Waals surface area (Å²) in [7, 11) is -2.55. The third-order valence-electron chi connectivity index (χ3n) is 3.98. The van der Waals surface area contributed by atoms with Crippen molar-refractivity contribution in [2.24, 2.45) is 10.6 Å². The summed E-state index contributed by atoms with van der Waals surface area (Å²) in [5, 5.41) is 7.93. The number of carbonyl (C=O) groups is 1. The summed E-state index contributed by atoms with van der Waals surface area (Å²) < 4.78 is 28.1. The van der Waals surface area contributed by atoms with Gasteiger partial charge in [-0.3, -0.25) is 4.79 Å². The van der Waals surface area contributed by atoms with E-state index in [-0.39, 0.29) is 22.0 Å². The zero-order valence-corrected chi connectivity index (χ0v) is 13.0. The lowest BCUT2D eigenvalue weighted by Crippen LogP contribution is -2.30. The van der Waals surface area contributed by atoms with E-state index in [1.807, 2.05) is 6.92 Å². The van der Waals surface area contributed by atoms with Crippen molar-refractivity contribution in [1.29, 1.82) is 0 Å². The number of rotatable bonds is 4. The normalized spacial score (nSPS) is 17.5. The molecule has 1 saturated carbocycles. The van der Waals surface area contributed by atoms with E-state index in [0.29, 0.717) is 5.69 Å². The van der Waals surface area contributed by atoms with E-state index < -0.39 is 10.0 Å². The minimum atomic E-state index is -3.91. The Hall–Kier alpha value is -1.60. The van der Waals surface area contributed by atoms with Crippen LogP contribution in [0.15, 0.2) is 23.1 Å². The van der Waals surface area contributed by atoms with Gasteiger partial charge in [0.05, 0.1) is 7.11 Å². The molecule has 3 N–H and O–H groups in total. The number of hydrogen-bond donors (Lipinski definition) is 2. The second-order valence-corrected chi connectivity index (χ2v) is 7.16. The molecule has 0 bridgehead atoms. The first-order valence-corrected chi connectivity index (χ1v) is 8.33. The molecular formula is C14H20N2O4S. The van der Waals surface area contributed by atoms with Crippen LogP contribution >= 0.6 is 0 Å². The van der Waals surface area contributed by atoms with Gasteiger partial charge in [-0.2, -0.15) is 0 Å². The second kappa shape index (κ2) is 5.65. The Kier molecular flexibility index (Phi) is 4.25. The highest BCUT2D eigenvalue weighted by Gasteiger charge is 2.36. The number of ether oxygens (including phenoxy) is 1. The first-order valence-electron chi connectivity index (χ1n) is 6.78. The number of amides is 1. The maximum atomic E-state index is 12.3. The Morgan fingerprint density at radius 2 is 1.95 bits per heavy atom. The van der Waals surface area contributed by atoms with Gasteiger partial charge in [0.15, 0.2) is 0 Å². The smallest absolute Gasteiger partial charge is 0.241 e. The van der Waals surface area contributed by atoms with Crippen LogP contribution in [-0.4, -0.2) is 21.4 Å². The molecule has 1 amide bonds. The SMILES string of the molecule is COc1ccc(NC(=O)C2(C)CCCC2)cc1S(N)(=O)=O. The highest BCUT2D eigenvalue weighted by Crippen LogP contribution is 2.38. The summed E-state index contributed by atoms with van der Waals surface area (Å²) in [6.07, 6.45) is 3.76. The van der Waals surface area contributed by atoms with Crippen LogP contribution in [0.25, 0.3) is 0 Å². The van der Waals surface area contributed by atoms with Gasteiger partial charge in [0.1, 0.15) is 10.6 Å². The average molecular weight is 312 g/mol. The lowest BCUT2D eigenvalue weighted by molar-refractivity contribution is -0.124. The van der Waals surface area contributed by atoms with E-state index in [9.17, 15) is 13.2 Å². The zero-order chi connectivity index (χ0) is 15.7. The Balaban J connectivity index is 2.27. The first-order chi connectivity index (χ1) is 9.76. The van der Waals surface area contributed by atoms with Crippen molar-refractivity contribution in [2.75, 3.05) is 12.4 Å². The molecule has 0 spiro atoms. The van der Waals surface area contributed by atoms with Gasteiger partial charge in [0.25, 0.3) is 0 Å². The lowest BCUT2D eigenvalue weighted by Gasteiger charge is -2.22. The minimum absolute atomic E-state index is 0.0921. The Morgan fingerprint density at radius 3 is 2.48 bits per heavy atom. The summed E-state index contributed by atoms with van der Waals surface area (Å²) >= 11 is 0. The Morgan fingerprint density at radius 1 is 1.33 bits per heavy atom. The Bertz CT molecular complexity index is 649. The maximum absolute atomic E-state index is 12.3. The summed E-state index contributed by atoms with van der Waals surface area (Å²) in [5.41, 5.74) is 0.0137. The molecule has 7 heteroatoms. The molecule has 0 heterocycles. The van der Waals surface area contributed by atoms with E-state index in [1.165, 1.54) is 19.2 Å². The van der Waals surface area contributed by atoms with E-state index in [0.717, 1.165) is 25.7 Å². The van der Waals surface area contributed by atoms with Crippen LogP contribution in [0, 0.1) is 5.41 Å².